The maximum absolute atomic E-state index is 3.75. The minimum atomic E-state index is -0.374. The Balaban J connectivity index is 1.04. The number of thiophene rings is 1. The topological polar surface area (TPSA) is 12.0 Å². The van der Waals surface area contributed by atoms with Gasteiger partial charge in [-0.05, 0) is 79.5 Å². The number of hydrogen-bond acceptors (Lipinski definition) is 2. The van der Waals surface area contributed by atoms with Crippen molar-refractivity contribution in [1.29, 1.82) is 0 Å². The van der Waals surface area contributed by atoms with Crippen LogP contribution in [-0.4, -0.2) is 0 Å². The maximum Gasteiger partial charge on any atom is 0.0713 e. The third-order valence-electron chi connectivity index (χ3n) is 10.3. The molecule has 0 fully saturated rings. The molecule has 230 valence electrons. The van der Waals surface area contributed by atoms with E-state index in [-0.39, 0.29) is 5.41 Å². The Morgan fingerprint density at radius 2 is 1.04 bits per heavy atom. The van der Waals surface area contributed by atoms with Gasteiger partial charge in [-0.1, -0.05) is 158 Å². The fraction of sp³-hybridized carbons (Fsp3) is 0.0213. The Bertz CT molecular complexity index is 2630. The summed E-state index contributed by atoms with van der Waals surface area (Å²) < 4.78 is 2.63. The average molecular weight is 642 g/mol. The van der Waals surface area contributed by atoms with Crippen LogP contribution in [0.5, 0.6) is 0 Å². The zero-order valence-electron chi connectivity index (χ0n) is 26.7. The van der Waals surface area contributed by atoms with E-state index < -0.39 is 0 Å². The zero-order chi connectivity index (χ0) is 32.4. The van der Waals surface area contributed by atoms with Crippen molar-refractivity contribution in [2.75, 3.05) is 5.32 Å². The summed E-state index contributed by atoms with van der Waals surface area (Å²) in [4.78, 5) is 0. The quantitative estimate of drug-likeness (QED) is 0.197. The molecule has 0 radical (unpaired) electrons. The zero-order valence-corrected chi connectivity index (χ0v) is 27.5. The summed E-state index contributed by atoms with van der Waals surface area (Å²) in [7, 11) is 0. The summed E-state index contributed by atoms with van der Waals surface area (Å²) in [5, 5.41) is 8.97. The van der Waals surface area contributed by atoms with Gasteiger partial charge in [0.1, 0.15) is 0 Å². The minimum absolute atomic E-state index is 0.374. The number of nitrogens with one attached hydrogen (secondary N) is 1. The molecule has 10 rings (SSSR count). The normalized spacial score (nSPS) is 13.1. The Labute approximate surface area is 289 Å². The van der Waals surface area contributed by atoms with Gasteiger partial charge in [0.2, 0.25) is 0 Å². The summed E-state index contributed by atoms with van der Waals surface area (Å²) >= 11 is 1.88. The molecule has 0 spiro atoms. The third kappa shape index (κ3) is 4.24. The van der Waals surface area contributed by atoms with Crippen LogP contribution in [0.2, 0.25) is 0 Å². The molecule has 0 amide bonds. The molecule has 0 saturated heterocycles. The van der Waals surface area contributed by atoms with Gasteiger partial charge in [-0.2, -0.15) is 0 Å². The summed E-state index contributed by atoms with van der Waals surface area (Å²) in [6.45, 7) is 0. The second kappa shape index (κ2) is 11.1. The Morgan fingerprint density at radius 1 is 0.408 bits per heavy atom. The molecular weight excluding hydrogens is 611 g/mol. The second-order valence-electron chi connectivity index (χ2n) is 12.9. The fourth-order valence-corrected chi connectivity index (χ4v) is 9.46. The molecule has 2 heteroatoms. The third-order valence-corrected chi connectivity index (χ3v) is 11.6. The van der Waals surface area contributed by atoms with E-state index in [0.29, 0.717) is 0 Å². The molecule has 1 heterocycles. The van der Waals surface area contributed by atoms with Gasteiger partial charge in [0.15, 0.2) is 0 Å². The Kier molecular flexibility index (Phi) is 6.34. The van der Waals surface area contributed by atoms with E-state index in [4.69, 9.17) is 0 Å². The van der Waals surface area contributed by atoms with Crippen molar-refractivity contribution in [2.24, 2.45) is 0 Å². The van der Waals surface area contributed by atoms with Gasteiger partial charge in [0.05, 0.1) is 15.8 Å². The number of anilines is 2. The lowest BCUT2D eigenvalue weighted by Gasteiger charge is -2.33. The molecule has 0 unspecified atom stereocenters. The molecule has 0 aliphatic heterocycles. The van der Waals surface area contributed by atoms with Crippen LogP contribution in [-0.2, 0) is 5.41 Å². The van der Waals surface area contributed by atoms with Crippen LogP contribution >= 0.6 is 11.3 Å². The van der Waals surface area contributed by atoms with Crippen LogP contribution in [0.25, 0.3) is 53.2 Å². The minimum Gasteiger partial charge on any atom is -0.354 e. The molecule has 49 heavy (non-hydrogen) atoms. The Hall–Kier alpha value is -5.96. The van der Waals surface area contributed by atoms with E-state index in [1.165, 1.54) is 75.5 Å². The Morgan fingerprint density at radius 3 is 1.84 bits per heavy atom. The smallest absolute Gasteiger partial charge is 0.0713 e. The summed E-state index contributed by atoms with van der Waals surface area (Å²) in [6, 6.07) is 66.7. The molecule has 1 aliphatic rings. The molecule has 9 aromatic rings. The lowest BCUT2D eigenvalue weighted by Crippen LogP contribution is -2.28. The lowest BCUT2D eigenvalue weighted by molar-refractivity contribution is 0.768. The maximum atomic E-state index is 3.75. The van der Waals surface area contributed by atoms with Crippen molar-refractivity contribution in [1.82, 2.24) is 0 Å². The summed E-state index contributed by atoms with van der Waals surface area (Å²) in [5.74, 6) is 0. The van der Waals surface area contributed by atoms with Crippen LogP contribution < -0.4 is 5.32 Å². The first-order valence-electron chi connectivity index (χ1n) is 16.8. The van der Waals surface area contributed by atoms with Crippen LogP contribution in [0.1, 0.15) is 22.3 Å². The highest BCUT2D eigenvalue weighted by atomic mass is 32.1. The highest BCUT2D eigenvalue weighted by Crippen LogP contribution is 2.56. The van der Waals surface area contributed by atoms with Crippen LogP contribution in [0.3, 0.4) is 0 Å². The predicted octanol–water partition coefficient (Wildman–Crippen LogP) is 13.0. The first-order chi connectivity index (χ1) is 24.3. The van der Waals surface area contributed by atoms with Crippen molar-refractivity contribution in [2.45, 2.75) is 5.41 Å². The van der Waals surface area contributed by atoms with E-state index in [2.05, 4.69) is 187 Å². The molecule has 1 aromatic heterocycles. The van der Waals surface area contributed by atoms with Gasteiger partial charge < -0.3 is 5.32 Å². The van der Waals surface area contributed by atoms with E-state index in [9.17, 15) is 0 Å². The average Bonchev–Trinajstić information content (AvgIpc) is 3.71. The van der Waals surface area contributed by atoms with Crippen molar-refractivity contribution >= 4 is 53.7 Å². The van der Waals surface area contributed by atoms with Crippen molar-refractivity contribution in [3.63, 3.8) is 0 Å². The molecule has 8 aromatic carbocycles. The van der Waals surface area contributed by atoms with Gasteiger partial charge in [-0.25, -0.2) is 0 Å². The van der Waals surface area contributed by atoms with E-state index >= 15 is 0 Å². The van der Waals surface area contributed by atoms with Gasteiger partial charge >= 0.3 is 0 Å². The molecule has 1 nitrogen and oxygen atoms in total. The van der Waals surface area contributed by atoms with Crippen molar-refractivity contribution in [3.8, 4) is 22.3 Å². The first kappa shape index (κ1) is 28.1. The highest BCUT2D eigenvalue weighted by molar-refractivity contribution is 7.27. The predicted molar refractivity (Wildman–Crippen MR) is 209 cm³/mol. The van der Waals surface area contributed by atoms with Gasteiger partial charge in [-0.3, -0.25) is 0 Å². The standard InChI is InChI=1S/C47H31NS/c1-3-13-34(14-4-1)47(35-15-5-2-6-16-35)42-20-10-9-18-38(42)41-30-33(25-29-43(41)47)31-22-26-36(27-23-31)48-44-21-11-19-39-40-28-24-32-12-7-8-17-37(32)45(40)49-46(39)44/h1-30,48H. The summed E-state index contributed by atoms with van der Waals surface area (Å²) in [5.41, 5.74) is 12.1. The van der Waals surface area contributed by atoms with Gasteiger partial charge in [0.25, 0.3) is 0 Å². The van der Waals surface area contributed by atoms with Crippen LogP contribution in [0.4, 0.5) is 11.4 Å². The fourth-order valence-electron chi connectivity index (χ4n) is 8.15. The summed E-state index contributed by atoms with van der Waals surface area (Å²) in [6.07, 6.45) is 0. The van der Waals surface area contributed by atoms with E-state index in [1.807, 2.05) is 11.3 Å². The van der Waals surface area contributed by atoms with E-state index in [0.717, 1.165) is 11.4 Å². The molecule has 0 bridgehead atoms. The van der Waals surface area contributed by atoms with Gasteiger partial charge in [0, 0.05) is 21.2 Å². The monoisotopic (exact) mass is 641 g/mol. The number of fused-ring (bicyclic) bond motifs is 8. The van der Waals surface area contributed by atoms with Crippen LogP contribution in [0, 0.1) is 0 Å². The van der Waals surface area contributed by atoms with Crippen LogP contribution in [0.15, 0.2) is 182 Å². The lowest BCUT2D eigenvalue weighted by atomic mass is 9.67. The SMILES string of the molecule is c1ccc(C2(c3ccccc3)c3ccccc3-c3cc(-c4ccc(Nc5cccc6c5sc5c7ccccc7ccc65)cc4)ccc32)cc1. The molecule has 0 saturated carbocycles. The van der Waals surface area contributed by atoms with Crippen molar-refractivity contribution in [3.05, 3.63) is 204 Å². The van der Waals surface area contributed by atoms with Crippen molar-refractivity contribution < 1.29 is 0 Å². The first-order valence-corrected chi connectivity index (χ1v) is 17.7. The number of hydrogen-bond donors (Lipinski definition) is 1. The highest BCUT2D eigenvalue weighted by Gasteiger charge is 2.45. The second-order valence-corrected chi connectivity index (χ2v) is 14.0. The molecule has 0 atom stereocenters. The van der Waals surface area contributed by atoms with E-state index in [1.54, 1.807) is 0 Å². The molecular formula is C47H31NS. The largest absolute Gasteiger partial charge is 0.354 e. The molecule has 1 aliphatic carbocycles. The molecule has 1 N–H and O–H groups in total. The number of benzene rings is 8. The van der Waals surface area contributed by atoms with Gasteiger partial charge in [-0.15, -0.1) is 11.3 Å². The number of rotatable bonds is 5.